The molecule has 5 rings (SSSR count). The quantitative estimate of drug-likeness (QED) is 0.360. The number of aryl methyl sites for hydroxylation is 5. The number of hydrogen-bond acceptors (Lipinski definition) is 1. The number of aromatic nitrogens is 1. The van der Waals surface area contributed by atoms with Crippen LogP contribution in [0.4, 0.5) is 5.69 Å². The number of nitrogens with one attached hydrogen (secondary N) is 2. The van der Waals surface area contributed by atoms with Crippen LogP contribution in [-0.4, -0.2) is 9.97 Å². The zero-order valence-electron chi connectivity index (χ0n) is 20.8. The summed E-state index contributed by atoms with van der Waals surface area (Å²) < 4.78 is 0. The van der Waals surface area contributed by atoms with Crippen LogP contribution in [0.25, 0.3) is 5.57 Å². The van der Waals surface area contributed by atoms with E-state index in [2.05, 4.69) is 73.5 Å². The highest BCUT2D eigenvalue weighted by molar-refractivity contribution is 7.81. The van der Waals surface area contributed by atoms with E-state index in [0.717, 1.165) is 36.2 Å². The molecule has 0 saturated carbocycles. The minimum absolute atomic E-state index is 0.826. The van der Waals surface area contributed by atoms with Crippen LogP contribution >= 0.6 is 12.2 Å². The summed E-state index contributed by atoms with van der Waals surface area (Å²) >= 11 is 6.00. The number of aromatic amines is 1. The molecule has 2 N–H and O–H groups in total. The number of benzene rings is 2. The molecular weight excluding hydrogens is 432 g/mol. The SMILES string of the molecule is CC/C=C(\c1cc2c(cc1C)CCC2)c1[nH]c2c(c1NC(=S)c1ccccc1CC)CCCC2. The van der Waals surface area contributed by atoms with Crippen molar-refractivity contribution >= 4 is 28.5 Å². The normalized spacial score (nSPS) is 15.2. The van der Waals surface area contributed by atoms with E-state index >= 15 is 0 Å². The molecule has 0 bridgehead atoms. The topological polar surface area (TPSA) is 27.8 Å². The fourth-order valence-corrected chi connectivity index (χ4v) is 6.14. The van der Waals surface area contributed by atoms with E-state index in [1.165, 1.54) is 82.6 Å². The minimum Gasteiger partial charge on any atom is -0.356 e. The van der Waals surface area contributed by atoms with Gasteiger partial charge >= 0.3 is 0 Å². The molecule has 0 spiro atoms. The van der Waals surface area contributed by atoms with Crippen LogP contribution in [0.3, 0.4) is 0 Å². The van der Waals surface area contributed by atoms with Crippen molar-refractivity contribution in [1.82, 2.24) is 4.98 Å². The summed E-state index contributed by atoms with van der Waals surface area (Å²) in [6.07, 6.45) is 12.8. The third-order valence-electron chi connectivity index (χ3n) is 7.58. The Kier molecular flexibility index (Phi) is 6.74. The zero-order valence-corrected chi connectivity index (χ0v) is 21.6. The largest absolute Gasteiger partial charge is 0.356 e. The molecule has 34 heavy (non-hydrogen) atoms. The number of anilines is 1. The Labute approximate surface area is 209 Å². The Morgan fingerprint density at radius 2 is 1.74 bits per heavy atom. The van der Waals surface area contributed by atoms with Crippen molar-refractivity contribution in [2.45, 2.75) is 78.6 Å². The number of thiocarbonyl (C=S) groups is 1. The molecule has 176 valence electrons. The summed E-state index contributed by atoms with van der Waals surface area (Å²) in [5.74, 6) is 0. The summed E-state index contributed by atoms with van der Waals surface area (Å²) in [4.78, 5) is 4.70. The van der Waals surface area contributed by atoms with Crippen molar-refractivity contribution < 1.29 is 0 Å². The van der Waals surface area contributed by atoms with Gasteiger partial charge in [-0.1, -0.05) is 68.5 Å². The lowest BCUT2D eigenvalue weighted by Gasteiger charge is -2.18. The van der Waals surface area contributed by atoms with Gasteiger partial charge in [-0.2, -0.15) is 0 Å². The number of allylic oxidation sites excluding steroid dienone is 1. The molecule has 0 radical (unpaired) electrons. The third-order valence-corrected chi connectivity index (χ3v) is 7.91. The van der Waals surface area contributed by atoms with Crippen molar-refractivity contribution in [3.63, 3.8) is 0 Å². The molecule has 2 aliphatic rings. The first kappa shape index (κ1) is 23.1. The Bertz CT molecular complexity index is 1260. The fourth-order valence-electron chi connectivity index (χ4n) is 5.84. The molecule has 0 saturated heterocycles. The van der Waals surface area contributed by atoms with Crippen molar-refractivity contribution in [2.75, 3.05) is 5.32 Å². The average molecular weight is 469 g/mol. The highest BCUT2D eigenvalue weighted by atomic mass is 32.1. The Morgan fingerprint density at radius 1 is 0.971 bits per heavy atom. The van der Waals surface area contributed by atoms with Gasteiger partial charge in [-0.05, 0) is 98.1 Å². The van der Waals surface area contributed by atoms with Crippen molar-refractivity contribution in [3.05, 3.63) is 92.8 Å². The smallest absolute Gasteiger partial charge is 0.111 e. The first-order valence-electron chi connectivity index (χ1n) is 13.1. The molecule has 0 fully saturated rings. The van der Waals surface area contributed by atoms with Gasteiger partial charge in [0, 0.05) is 16.8 Å². The minimum atomic E-state index is 0.826. The lowest BCUT2D eigenvalue weighted by molar-refractivity contribution is 0.678. The molecule has 0 unspecified atom stereocenters. The van der Waals surface area contributed by atoms with Gasteiger partial charge in [-0.15, -0.1) is 0 Å². The molecule has 1 heterocycles. The fraction of sp³-hybridized carbons (Fsp3) is 0.387. The van der Waals surface area contributed by atoms with Crippen LogP contribution in [-0.2, 0) is 32.1 Å². The monoisotopic (exact) mass is 468 g/mol. The van der Waals surface area contributed by atoms with Crippen molar-refractivity contribution in [3.8, 4) is 0 Å². The van der Waals surface area contributed by atoms with E-state index in [-0.39, 0.29) is 0 Å². The first-order valence-corrected chi connectivity index (χ1v) is 13.5. The molecule has 0 atom stereocenters. The molecule has 2 aliphatic carbocycles. The van der Waals surface area contributed by atoms with Crippen molar-refractivity contribution in [1.29, 1.82) is 0 Å². The second-order valence-corrected chi connectivity index (χ2v) is 10.2. The van der Waals surface area contributed by atoms with Crippen LogP contribution in [0, 0.1) is 6.92 Å². The standard InChI is InChI=1S/C31H36N2S/c1-4-11-25(27-19-23-14-10-13-22(23)18-20(27)3)29-30(26-16-8-9-17-28(26)32-29)33-31(34)24-15-7-6-12-21(24)5-2/h6-7,11-12,15,18-19,32H,4-5,8-10,13-14,16-17H2,1-3H3,(H,33,34)/b25-11+. The summed E-state index contributed by atoms with van der Waals surface area (Å²) in [7, 11) is 0. The molecule has 2 nitrogen and oxygen atoms in total. The van der Waals surface area contributed by atoms with Crippen LogP contribution in [0.1, 0.15) is 89.9 Å². The van der Waals surface area contributed by atoms with E-state index in [1.807, 2.05) is 0 Å². The maximum Gasteiger partial charge on any atom is 0.111 e. The van der Waals surface area contributed by atoms with Gasteiger partial charge in [-0.3, -0.25) is 0 Å². The predicted octanol–water partition coefficient (Wildman–Crippen LogP) is 7.88. The van der Waals surface area contributed by atoms with Crippen LogP contribution < -0.4 is 5.32 Å². The molecule has 3 heteroatoms. The van der Waals surface area contributed by atoms with Gasteiger partial charge in [0.1, 0.15) is 4.99 Å². The lowest BCUT2D eigenvalue weighted by Crippen LogP contribution is -2.15. The van der Waals surface area contributed by atoms with Gasteiger partial charge in [0.25, 0.3) is 0 Å². The molecule has 3 aromatic rings. The van der Waals surface area contributed by atoms with E-state index < -0.39 is 0 Å². The van der Waals surface area contributed by atoms with Gasteiger partial charge in [-0.25, -0.2) is 0 Å². The highest BCUT2D eigenvalue weighted by Crippen LogP contribution is 2.40. The molecule has 2 aromatic carbocycles. The summed E-state index contributed by atoms with van der Waals surface area (Å²) in [6.45, 7) is 6.71. The average Bonchev–Trinajstić information content (AvgIpc) is 3.46. The van der Waals surface area contributed by atoms with Crippen molar-refractivity contribution in [2.24, 2.45) is 0 Å². The van der Waals surface area contributed by atoms with Crippen LogP contribution in [0.15, 0.2) is 42.5 Å². The number of hydrogen-bond donors (Lipinski definition) is 2. The Morgan fingerprint density at radius 3 is 2.53 bits per heavy atom. The van der Waals surface area contributed by atoms with E-state index in [9.17, 15) is 0 Å². The Hall–Kier alpha value is -2.65. The summed E-state index contributed by atoms with van der Waals surface area (Å²) in [5, 5.41) is 3.75. The van der Waals surface area contributed by atoms with Gasteiger partial charge in [0.05, 0.1) is 11.4 Å². The number of H-pyrrole nitrogens is 1. The van der Waals surface area contributed by atoms with Gasteiger partial charge in [0.2, 0.25) is 0 Å². The molecule has 0 amide bonds. The molecular formula is C31H36N2S. The van der Waals surface area contributed by atoms with Crippen LogP contribution in [0.2, 0.25) is 0 Å². The molecule has 1 aromatic heterocycles. The summed E-state index contributed by atoms with van der Waals surface area (Å²) in [5.41, 5.74) is 14.8. The predicted molar refractivity (Wildman–Crippen MR) is 149 cm³/mol. The first-order chi connectivity index (χ1) is 16.6. The van der Waals surface area contributed by atoms with Crippen LogP contribution in [0.5, 0.6) is 0 Å². The van der Waals surface area contributed by atoms with Gasteiger partial charge in [0.15, 0.2) is 0 Å². The van der Waals surface area contributed by atoms with E-state index in [4.69, 9.17) is 12.2 Å². The second-order valence-electron chi connectivity index (χ2n) is 9.82. The Balaban J connectivity index is 1.62. The zero-order chi connectivity index (χ0) is 23.7. The molecule has 0 aliphatic heterocycles. The maximum atomic E-state index is 6.00. The van der Waals surface area contributed by atoms with E-state index in [1.54, 1.807) is 5.56 Å². The van der Waals surface area contributed by atoms with E-state index in [0.29, 0.717) is 0 Å². The summed E-state index contributed by atoms with van der Waals surface area (Å²) in [6, 6.07) is 13.4. The lowest BCUT2D eigenvalue weighted by atomic mass is 9.91. The maximum absolute atomic E-state index is 6.00. The number of fused-ring (bicyclic) bond motifs is 2. The third kappa shape index (κ3) is 4.27. The van der Waals surface area contributed by atoms with Gasteiger partial charge < -0.3 is 10.3 Å². The highest BCUT2D eigenvalue weighted by Gasteiger charge is 2.25. The second kappa shape index (κ2) is 9.92. The number of rotatable bonds is 6.